The first kappa shape index (κ1) is 15.8. The fraction of sp³-hybridized carbons (Fsp3) is 0.533. The molecule has 0 spiro atoms. The number of benzene rings is 1. The fourth-order valence-corrected chi connectivity index (χ4v) is 2.65. The summed E-state index contributed by atoms with van der Waals surface area (Å²) in [5.41, 5.74) is 2.55. The summed E-state index contributed by atoms with van der Waals surface area (Å²) in [7, 11) is 0. The van der Waals surface area contributed by atoms with E-state index in [1.54, 1.807) is 18.2 Å². The van der Waals surface area contributed by atoms with Crippen LogP contribution in [0.1, 0.15) is 23.2 Å². The van der Waals surface area contributed by atoms with E-state index in [0.29, 0.717) is 23.8 Å². The minimum atomic E-state index is -0.357. The monoisotopic (exact) mass is 293 g/mol. The Labute approximate surface area is 124 Å². The standard InChI is InChI=1S/C15H23N3O3/c16-17-15(20)13-5-1-2-6-14(13)21-9-8-18-7-3-4-12(10-18)11-19/h1-2,5-6,12,19H,3-4,7-11,16H2,(H,17,20). The van der Waals surface area contributed by atoms with E-state index in [4.69, 9.17) is 10.6 Å². The second-order valence-corrected chi connectivity index (χ2v) is 5.31. The molecular weight excluding hydrogens is 270 g/mol. The van der Waals surface area contributed by atoms with Crippen molar-refractivity contribution in [3.8, 4) is 5.75 Å². The third kappa shape index (κ3) is 4.42. The van der Waals surface area contributed by atoms with Crippen molar-refractivity contribution in [2.45, 2.75) is 12.8 Å². The van der Waals surface area contributed by atoms with Crippen LogP contribution in [0.5, 0.6) is 5.75 Å². The van der Waals surface area contributed by atoms with Crippen LogP contribution in [0.15, 0.2) is 24.3 Å². The zero-order chi connectivity index (χ0) is 15.1. The van der Waals surface area contributed by atoms with Gasteiger partial charge < -0.3 is 9.84 Å². The van der Waals surface area contributed by atoms with E-state index in [9.17, 15) is 9.90 Å². The normalized spacial score (nSPS) is 19.2. The molecule has 1 heterocycles. The second kappa shape index (κ2) is 7.97. The number of para-hydroxylation sites is 1. The highest BCUT2D eigenvalue weighted by Gasteiger charge is 2.19. The zero-order valence-electron chi connectivity index (χ0n) is 12.1. The minimum Gasteiger partial charge on any atom is -0.491 e. The number of nitrogens with zero attached hydrogens (tertiary/aromatic N) is 1. The third-order valence-corrected chi connectivity index (χ3v) is 3.79. The van der Waals surface area contributed by atoms with Gasteiger partial charge in [0, 0.05) is 19.7 Å². The van der Waals surface area contributed by atoms with Crippen LogP contribution in [0.3, 0.4) is 0 Å². The van der Waals surface area contributed by atoms with Gasteiger partial charge in [-0.05, 0) is 37.4 Å². The van der Waals surface area contributed by atoms with E-state index in [2.05, 4.69) is 10.3 Å². The molecule has 6 nitrogen and oxygen atoms in total. The van der Waals surface area contributed by atoms with Crippen LogP contribution >= 0.6 is 0 Å². The molecule has 1 aliphatic heterocycles. The van der Waals surface area contributed by atoms with Crippen molar-refractivity contribution in [2.24, 2.45) is 11.8 Å². The molecule has 1 aliphatic rings. The molecular formula is C15H23N3O3. The largest absolute Gasteiger partial charge is 0.491 e. The van der Waals surface area contributed by atoms with E-state index in [1.165, 1.54) is 0 Å². The number of hydrazine groups is 1. The average molecular weight is 293 g/mol. The molecule has 0 aliphatic carbocycles. The van der Waals surface area contributed by atoms with Gasteiger partial charge in [-0.2, -0.15) is 0 Å². The first-order valence-corrected chi connectivity index (χ1v) is 7.30. The smallest absolute Gasteiger partial charge is 0.268 e. The molecule has 0 radical (unpaired) electrons. The van der Waals surface area contributed by atoms with Gasteiger partial charge in [0.2, 0.25) is 0 Å². The molecule has 6 heteroatoms. The van der Waals surface area contributed by atoms with Crippen molar-refractivity contribution < 1.29 is 14.6 Å². The maximum atomic E-state index is 11.6. The second-order valence-electron chi connectivity index (χ2n) is 5.31. The highest BCUT2D eigenvalue weighted by atomic mass is 16.5. The average Bonchev–Trinajstić information content (AvgIpc) is 2.55. The lowest BCUT2D eigenvalue weighted by Gasteiger charge is -2.31. The van der Waals surface area contributed by atoms with Gasteiger partial charge in [-0.1, -0.05) is 12.1 Å². The molecule has 1 atom stereocenters. The Bertz CT molecular complexity index is 467. The summed E-state index contributed by atoms with van der Waals surface area (Å²) in [6, 6.07) is 7.04. The molecule has 1 aromatic carbocycles. The van der Waals surface area contributed by atoms with Crippen LogP contribution in [0, 0.1) is 5.92 Å². The topological polar surface area (TPSA) is 87.8 Å². The number of likely N-dealkylation sites (tertiary alicyclic amines) is 1. The van der Waals surface area contributed by atoms with Gasteiger partial charge in [-0.25, -0.2) is 5.84 Å². The van der Waals surface area contributed by atoms with Gasteiger partial charge in [0.25, 0.3) is 5.91 Å². The first-order chi connectivity index (χ1) is 10.2. The Kier molecular flexibility index (Phi) is 5.98. The van der Waals surface area contributed by atoms with Crippen molar-refractivity contribution in [1.82, 2.24) is 10.3 Å². The van der Waals surface area contributed by atoms with Crippen molar-refractivity contribution in [3.05, 3.63) is 29.8 Å². The molecule has 2 rings (SSSR count). The Morgan fingerprint density at radius 1 is 1.48 bits per heavy atom. The van der Waals surface area contributed by atoms with Crippen molar-refractivity contribution in [3.63, 3.8) is 0 Å². The van der Waals surface area contributed by atoms with Crippen molar-refractivity contribution in [1.29, 1.82) is 0 Å². The summed E-state index contributed by atoms with van der Waals surface area (Å²) in [6.45, 7) is 3.48. The van der Waals surface area contributed by atoms with Gasteiger partial charge >= 0.3 is 0 Å². The number of carbonyl (C=O) groups excluding carboxylic acids is 1. The third-order valence-electron chi connectivity index (χ3n) is 3.79. The summed E-state index contributed by atoms with van der Waals surface area (Å²) >= 11 is 0. The molecule has 21 heavy (non-hydrogen) atoms. The molecule has 1 amide bonds. The molecule has 0 aromatic heterocycles. The maximum Gasteiger partial charge on any atom is 0.268 e. The van der Waals surface area contributed by atoms with E-state index < -0.39 is 0 Å². The minimum absolute atomic E-state index is 0.247. The van der Waals surface area contributed by atoms with E-state index in [0.717, 1.165) is 32.5 Å². The first-order valence-electron chi connectivity index (χ1n) is 7.30. The molecule has 116 valence electrons. The number of ether oxygens (including phenoxy) is 1. The summed E-state index contributed by atoms with van der Waals surface area (Å²) in [6.07, 6.45) is 2.20. The number of piperidine rings is 1. The predicted octanol–water partition coefficient (Wildman–Crippen LogP) is 0.373. The lowest BCUT2D eigenvalue weighted by atomic mass is 9.99. The zero-order valence-corrected chi connectivity index (χ0v) is 12.1. The number of rotatable bonds is 6. The molecule has 1 unspecified atom stereocenters. The molecule has 0 bridgehead atoms. The summed E-state index contributed by atoms with van der Waals surface area (Å²) in [5, 5.41) is 9.22. The van der Waals surface area contributed by atoms with Crippen LogP contribution in [0.4, 0.5) is 0 Å². The van der Waals surface area contributed by atoms with Gasteiger partial charge in [-0.3, -0.25) is 15.1 Å². The Morgan fingerprint density at radius 2 is 2.29 bits per heavy atom. The molecule has 1 aromatic rings. The van der Waals surface area contributed by atoms with Crippen LogP contribution < -0.4 is 16.0 Å². The van der Waals surface area contributed by atoms with Crippen LogP contribution in [0.2, 0.25) is 0 Å². The number of nitrogens with two attached hydrogens (primary N) is 1. The van der Waals surface area contributed by atoms with Gasteiger partial charge in [0.15, 0.2) is 0 Å². The summed E-state index contributed by atoms with van der Waals surface area (Å²) in [5.74, 6) is 5.71. The van der Waals surface area contributed by atoms with Crippen LogP contribution in [-0.2, 0) is 0 Å². The SMILES string of the molecule is NNC(=O)c1ccccc1OCCN1CCCC(CO)C1. The highest BCUT2D eigenvalue weighted by molar-refractivity contribution is 5.96. The predicted molar refractivity (Wildman–Crippen MR) is 79.8 cm³/mol. The van der Waals surface area contributed by atoms with Crippen molar-refractivity contribution in [2.75, 3.05) is 32.8 Å². The number of aliphatic hydroxyl groups is 1. The molecule has 0 saturated carbocycles. The van der Waals surface area contributed by atoms with Crippen LogP contribution in [-0.4, -0.2) is 48.8 Å². The van der Waals surface area contributed by atoms with Gasteiger partial charge in [0.05, 0.1) is 5.56 Å². The fourth-order valence-electron chi connectivity index (χ4n) is 2.65. The van der Waals surface area contributed by atoms with E-state index >= 15 is 0 Å². The number of nitrogen functional groups attached to an aromatic ring is 1. The Hall–Kier alpha value is -1.63. The highest BCUT2D eigenvalue weighted by Crippen LogP contribution is 2.18. The Balaban J connectivity index is 1.85. The molecule has 1 saturated heterocycles. The van der Waals surface area contributed by atoms with E-state index in [1.807, 2.05) is 6.07 Å². The maximum absolute atomic E-state index is 11.6. The van der Waals surface area contributed by atoms with E-state index in [-0.39, 0.29) is 12.5 Å². The summed E-state index contributed by atoms with van der Waals surface area (Å²) in [4.78, 5) is 13.9. The number of amides is 1. The lowest BCUT2D eigenvalue weighted by Crippen LogP contribution is -2.39. The summed E-state index contributed by atoms with van der Waals surface area (Å²) < 4.78 is 5.71. The van der Waals surface area contributed by atoms with Crippen LogP contribution in [0.25, 0.3) is 0 Å². The number of hydrogen-bond donors (Lipinski definition) is 3. The number of nitrogens with one attached hydrogen (secondary N) is 1. The number of aliphatic hydroxyl groups excluding tert-OH is 1. The molecule has 1 fully saturated rings. The Morgan fingerprint density at radius 3 is 3.05 bits per heavy atom. The van der Waals surface area contributed by atoms with Crippen molar-refractivity contribution >= 4 is 5.91 Å². The molecule has 4 N–H and O–H groups in total. The number of hydrogen-bond acceptors (Lipinski definition) is 5. The quantitative estimate of drug-likeness (QED) is 0.401. The number of carbonyl (C=O) groups is 1. The van der Waals surface area contributed by atoms with Gasteiger partial charge in [-0.15, -0.1) is 0 Å². The lowest BCUT2D eigenvalue weighted by molar-refractivity contribution is 0.0942. The van der Waals surface area contributed by atoms with Gasteiger partial charge in [0.1, 0.15) is 12.4 Å².